The van der Waals surface area contributed by atoms with E-state index in [0.717, 1.165) is 47.5 Å². The second-order valence-corrected chi connectivity index (χ2v) is 12.5. The lowest BCUT2D eigenvalue weighted by Crippen LogP contribution is -2.54. The van der Waals surface area contributed by atoms with Gasteiger partial charge in [0.1, 0.15) is 5.78 Å². The molecule has 4 saturated carbocycles. The van der Waals surface area contributed by atoms with Crippen LogP contribution in [0.1, 0.15) is 71.6 Å². The Kier molecular flexibility index (Phi) is 4.59. The summed E-state index contributed by atoms with van der Waals surface area (Å²) in [5, 5.41) is 5.21. The Hall–Kier alpha value is -0.280. The van der Waals surface area contributed by atoms with Gasteiger partial charge in [-0.25, -0.2) is 0 Å². The molecule has 0 aromatic rings. The molecule has 8 atom stereocenters. The Morgan fingerprint density at radius 2 is 1.93 bits per heavy atom. The van der Waals surface area contributed by atoms with Gasteiger partial charge in [0, 0.05) is 28.9 Å². The summed E-state index contributed by atoms with van der Waals surface area (Å²) in [6, 6.07) is 0. The van der Waals surface area contributed by atoms with Crippen LogP contribution in [-0.4, -0.2) is 29.4 Å². The van der Waals surface area contributed by atoms with Gasteiger partial charge in [0.2, 0.25) is 0 Å². The highest BCUT2D eigenvalue weighted by Gasteiger charge is 2.61. The van der Waals surface area contributed by atoms with Gasteiger partial charge in [-0.3, -0.25) is 4.79 Å². The number of hydrogen-bond donors (Lipinski definition) is 1. The Morgan fingerprint density at radius 3 is 2.70 bits per heavy atom. The van der Waals surface area contributed by atoms with E-state index in [1.165, 1.54) is 57.2 Å². The predicted molar refractivity (Wildman–Crippen MR) is 114 cm³/mol. The number of rotatable bonds is 2. The van der Waals surface area contributed by atoms with Gasteiger partial charge in [-0.2, -0.15) is 11.8 Å². The fraction of sp³-hybridized carbons (Fsp3) is 0.875. The minimum absolute atomic E-state index is 0.00678. The van der Waals surface area contributed by atoms with Crippen molar-refractivity contribution in [1.82, 2.24) is 5.32 Å². The van der Waals surface area contributed by atoms with Crippen LogP contribution < -0.4 is 5.32 Å². The second kappa shape index (κ2) is 6.62. The van der Waals surface area contributed by atoms with Crippen molar-refractivity contribution < 1.29 is 4.79 Å². The first-order chi connectivity index (χ1) is 12.9. The molecule has 4 aliphatic carbocycles. The Morgan fingerprint density at radius 1 is 1.07 bits per heavy atom. The van der Waals surface area contributed by atoms with Crippen LogP contribution in [0.3, 0.4) is 0 Å². The van der Waals surface area contributed by atoms with E-state index in [4.69, 9.17) is 0 Å². The van der Waals surface area contributed by atoms with Gasteiger partial charge in [-0.05, 0) is 87.0 Å². The molecule has 150 valence electrons. The molecule has 0 aromatic heterocycles. The highest BCUT2D eigenvalue weighted by molar-refractivity contribution is 8.00. The Labute approximate surface area is 169 Å². The monoisotopic (exact) mass is 387 g/mol. The maximum absolute atomic E-state index is 12.6. The summed E-state index contributed by atoms with van der Waals surface area (Å²) >= 11 is 2.28. The predicted octanol–water partition coefficient (Wildman–Crippen LogP) is 5.23. The highest BCUT2D eigenvalue weighted by Crippen LogP contribution is 2.66. The van der Waals surface area contributed by atoms with E-state index in [0.29, 0.717) is 17.1 Å². The second-order valence-electron chi connectivity index (χ2n) is 10.9. The third-order valence-electron chi connectivity index (χ3n) is 9.68. The summed E-state index contributed by atoms with van der Waals surface area (Å²) in [5.41, 5.74) is 1.97. The van der Waals surface area contributed by atoms with Gasteiger partial charge < -0.3 is 5.32 Å². The molecular formula is C24H37NOS. The SMILES string of the molecule is C=C1C[C@@H]2[C@H](CC[C@]3(C)C(=O)CC[C@@H]23)[C@@]2(C)CC[C@@H](S[C@@H]3CCNC3)C[C@@H]12. The van der Waals surface area contributed by atoms with E-state index in [-0.39, 0.29) is 5.41 Å². The average Bonchev–Trinajstić information content (AvgIpc) is 3.25. The van der Waals surface area contributed by atoms with Crippen LogP contribution in [0.15, 0.2) is 12.2 Å². The van der Waals surface area contributed by atoms with Crippen LogP contribution in [0.25, 0.3) is 0 Å². The zero-order chi connectivity index (χ0) is 18.8. The molecule has 0 radical (unpaired) electrons. The number of Topliss-reactive ketones (excluding diaryl/α,β-unsaturated/α-hetero) is 1. The maximum atomic E-state index is 12.6. The van der Waals surface area contributed by atoms with Crippen LogP contribution in [-0.2, 0) is 4.79 Å². The van der Waals surface area contributed by atoms with Crippen molar-refractivity contribution in [3.63, 3.8) is 0 Å². The largest absolute Gasteiger partial charge is 0.316 e. The fourth-order valence-corrected chi connectivity index (χ4v) is 9.69. The first-order valence-corrected chi connectivity index (χ1v) is 12.4. The lowest BCUT2D eigenvalue weighted by molar-refractivity contribution is -0.135. The Balaban J connectivity index is 1.35. The van der Waals surface area contributed by atoms with Gasteiger partial charge in [-0.15, -0.1) is 0 Å². The minimum atomic E-state index is -0.00678. The summed E-state index contributed by atoms with van der Waals surface area (Å²) in [4.78, 5) is 12.6. The number of ketones is 1. The molecule has 5 rings (SSSR count). The molecule has 2 nitrogen and oxygen atoms in total. The molecule has 1 saturated heterocycles. The summed E-state index contributed by atoms with van der Waals surface area (Å²) in [6.45, 7) is 12.0. The van der Waals surface area contributed by atoms with Crippen molar-refractivity contribution in [3.05, 3.63) is 12.2 Å². The molecule has 0 bridgehead atoms. The molecule has 27 heavy (non-hydrogen) atoms. The number of carbonyl (C=O) groups excluding carboxylic acids is 1. The molecule has 1 heterocycles. The first kappa shape index (κ1) is 18.7. The van der Waals surface area contributed by atoms with Gasteiger partial charge in [0.05, 0.1) is 0 Å². The molecule has 1 N–H and O–H groups in total. The van der Waals surface area contributed by atoms with E-state index >= 15 is 0 Å². The molecule has 0 aromatic carbocycles. The van der Waals surface area contributed by atoms with Crippen molar-refractivity contribution >= 4 is 17.5 Å². The van der Waals surface area contributed by atoms with Crippen molar-refractivity contribution in [1.29, 1.82) is 0 Å². The lowest BCUT2D eigenvalue weighted by atomic mass is 9.44. The standard InChI is InChI=1S/C24H37NOS/c1-15-12-18-19-4-5-22(26)24(19,3)10-7-20(18)23(2)9-6-16(13-21(15)23)27-17-8-11-25-14-17/h16-21,25H,1,4-14H2,2-3H3/t16-,17-,18+,19+,20+,21+,23-,24+/m1/s1. The normalized spacial score (nSPS) is 52.4. The molecule has 0 amide bonds. The number of carbonyl (C=O) groups is 1. The third kappa shape index (κ3) is 2.81. The van der Waals surface area contributed by atoms with E-state index < -0.39 is 0 Å². The van der Waals surface area contributed by atoms with E-state index in [1.54, 1.807) is 0 Å². The number of hydrogen-bond acceptors (Lipinski definition) is 3. The molecule has 3 heteroatoms. The van der Waals surface area contributed by atoms with Gasteiger partial charge in [-0.1, -0.05) is 26.0 Å². The Bertz CT molecular complexity index is 640. The van der Waals surface area contributed by atoms with Crippen LogP contribution in [0, 0.1) is 34.5 Å². The van der Waals surface area contributed by atoms with Crippen molar-refractivity contribution in [2.75, 3.05) is 13.1 Å². The summed E-state index contributed by atoms with van der Waals surface area (Å²) in [5.74, 6) is 3.48. The van der Waals surface area contributed by atoms with Crippen LogP contribution in [0.2, 0.25) is 0 Å². The fourth-order valence-electron chi connectivity index (χ4n) is 8.12. The number of fused-ring (bicyclic) bond motifs is 5. The van der Waals surface area contributed by atoms with Gasteiger partial charge in [0.25, 0.3) is 0 Å². The van der Waals surface area contributed by atoms with Gasteiger partial charge in [0.15, 0.2) is 0 Å². The molecule has 1 aliphatic heterocycles. The van der Waals surface area contributed by atoms with Crippen LogP contribution >= 0.6 is 11.8 Å². The first-order valence-electron chi connectivity index (χ1n) is 11.5. The van der Waals surface area contributed by atoms with Crippen molar-refractivity contribution in [3.8, 4) is 0 Å². The maximum Gasteiger partial charge on any atom is 0.139 e. The quantitative estimate of drug-likeness (QED) is 0.658. The van der Waals surface area contributed by atoms with Crippen molar-refractivity contribution in [2.45, 2.75) is 82.1 Å². The average molecular weight is 388 g/mol. The summed E-state index contributed by atoms with van der Waals surface area (Å²) < 4.78 is 0. The topological polar surface area (TPSA) is 29.1 Å². The lowest BCUT2D eigenvalue weighted by Gasteiger charge is -2.61. The van der Waals surface area contributed by atoms with E-state index in [1.807, 2.05) is 0 Å². The number of allylic oxidation sites excluding steroid dienone is 1. The van der Waals surface area contributed by atoms with Gasteiger partial charge >= 0.3 is 0 Å². The smallest absolute Gasteiger partial charge is 0.139 e. The van der Waals surface area contributed by atoms with E-state index in [9.17, 15) is 4.79 Å². The molecule has 0 unspecified atom stereocenters. The third-order valence-corrected chi connectivity index (χ3v) is 11.3. The minimum Gasteiger partial charge on any atom is -0.316 e. The summed E-state index contributed by atoms with van der Waals surface area (Å²) in [7, 11) is 0. The zero-order valence-electron chi connectivity index (χ0n) is 17.3. The summed E-state index contributed by atoms with van der Waals surface area (Å²) in [6.07, 6.45) is 11.1. The number of nitrogens with one attached hydrogen (secondary N) is 1. The molecule has 5 fully saturated rings. The zero-order valence-corrected chi connectivity index (χ0v) is 18.1. The van der Waals surface area contributed by atoms with Crippen molar-refractivity contribution in [2.24, 2.45) is 34.5 Å². The van der Waals surface area contributed by atoms with E-state index in [2.05, 4.69) is 37.5 Å². The highest BCUT2D eigenvalue weighted by atomic mass is 32.2. The molecule has 5 aliphatic rings. The molecular weight excluding hydrogens is 350 g/mol. The van der Waals surface area contributed by atoms with Crippen LogP contribution in [0.4, 0.5) is 0 Å². The van der Waals surface area contributed by atoms with Crippen LogP contribution in [0.5, 0.6) is 0 Å². The number of thioether (sulfide) groups is 1. The molecule has 0 spiro atoms.